The average Bonchev–Trinajstić information content (AvgIpc) is 2.45. The fourth-order valence-electron chi connectivity index (χ4n) is 2.76. The van der Waals surface area contributed by atoms with Crippen molar-refractivity contribution in [2.45, 2.75) is 44.6 Å². The van der Waals surface area contributed by atoms with Crippen LogP contribution in [0.4, 0.5) is 4.79 Å². The molecule has 1 aromatic carbocycles. The summed E-state index contributed by atoms with van der Waals surface area (Å²) in [5.41, 5.74) is 0.919. The summed E-state index contributed by atoms with van der Waals surface area (Å²) in [6, 6.07) is 10.4. The van der Waals surface area contributed by atoms with Crippen molar-refractivity contribution < 1.29 is 9.53 Å². The van der Waals surface area contributed by atoms with E-state index in [4.69, 9.17) is 4.74 Å². The Bertz CT molecular complexity index is 459. The smallest absolute Gasteiger partial charge is 0.407 e. The van der Waals surface area contributed by atoms with E-state index >= 15 is 0 Å². The van der Waals surface area contributed by atoms with Crippen LogP contribution >= 0.6 is 0 Å². The van der Waals surface area contributed by atoms with Gasteiger partial charge in [0.15, 0.2) is 0 Å². The number of amides is 1. The van der Waals surface area contributed by atoms with Crippen molar-refractivity contribution in [3.05, 3.63) is 35.9 Å². The molecule has 0 bridgehead atoms. The van der Waals surface area contributed by atoms with Gasteiger partial charge in [0.2, 0.25) is 0 Å². The quantitative estimate of drug-likeness (QED) is 0.900. The number of benzene rings is 1. The number of nitrogens with one attached hydrogen (secondary N) is 2. The highest BCUT2D eigenvalue weighted by Crippen LogP contribution is 2.33. The van der Waals surface area contributed by atoms with Crippen LogP contribution in [0.3, 0.4) is 0 Å². The van der Waals surface area contributed by atoms with E-state index in [2.05, 4.69) is 22.8 Å². The standard InChI is InChI=1S/C17H26N2O2/c1-16(2,3)19-15(20)21-13-17(9-11-18-12-10-17)14-7-5-4-6-8-14/h4-8,18H,9-13H2,1-3H3,(H,19,20). The van der Waals surface area contributed by atoms with E-state index in [0.29, 0.717) is 6.61 Å². The van der Waals surface area contributed by atoms with Crippen LogP contribution in [0.1, 0.15) is 39.2 Å². The Hall–Kier alpha value is -1.55. The van der Waals surface area contributed by atoms with Gasteiger partial charge in [-0.1, -0.05) is 30.3 Å². The SMILES string of the molecule is CC(C)(C)NC(=O)OCC1(c2ccccc2)CCNCC1. The van der Waals surface area contributed by atoms with Gasteiger partial charge in [-0.15, -0.1) is 0 Å². The largest absolute Gasteiger partial charge is 0.449 e. The maximum absolute atomic E-state index is 11.9. The van der Waals surface area contributed by atoms with Crippen LogP contribution < -0.4 is 10.6 Å². The molecular weight excluding hydrogens is 264 g/mol. The molecule has 2 rings (SSSR count). The highest BCUT2D eigenvalue weighted by atomic mass is 16.5. The Morgan fingerprint density at radius 2 is 1.86 bits per heavy atom. The first-order valence-corrected chi connectivity index (χ1v) is 7.63. The molecule has 1 aromatic rings. The maximum Gasteiger partial charge on any atom is 0.407 e. The molecule has 0 unspecified atom stereocenters. The number of carbonyl (C=O) groups is 1. The third-order valence-electron chi connectivity index (χ3n) is 3.90. The van der Waals surface area contributed by atoms with Crippen LogP contribution in [0.5, 0.6) is 0 Å². The predicted molar refractivity (Wildman–Crippen MR) is 84.5 cm³/mol. The van der Waals surface area contributed by atoms with Crippen LogP contribution in [0.2, 0.25) is 0 Å². The molecule has 4 heteroatoms. The van der Waals surface area contributed by atoms with Gasteiger partial charge in [-0.2, -0.15) is 0 Å². The van der Waals surface area contributed by atoms with E-state index in [1.807, 2.05) is 39.0 Å². The molecule has 0 aliphatic carbocycles. The minimum Gasteiger partial charge on any atom is -0.449 e. The van der Waals surface area contributed by atoms with Crippen molar-refractivity contribution in [1.29, 1.82) is 0 Å². The Labute approximate surface area is 127 Å². The molecule has 1 saturated heterocycles. The summed E-state index contributed by atoms with van der Waals surface area (Å²) >= 11 is 0. The monoisotopic (exact) mass is 290 g/mol. The molecular formula is C17H26N2O2. The number of carbonyl (C=O) groups excluding carboxylic acids is 1. The zero-order chi connectivity index (χ0) is 15.3. The molecule has 1 amide bonds. The van der Waals surface area contributed by atoms with Crippen molar-refractivity contribution in [3.8, 4) is 0 Å². The second-order valence-corrected chi connectivity index (χ2v) is 6.85. The first-order chi connectivity index (χ1) is 9.91. The zero-order valence-corrected chi connectivity index (χ0v) is 13.2. The van der Waals surface area contributed by atoms with Gasteiger partial charge < -0.3 is 15.4 Å². The van der Waals surface area contributed by atoms with Crippen LogP contribution in [0.25, 0.3) is 0 Å². The topological polar surface area (TPSA) is 50.4 Å². The van der Waals surface area contributed by atoms with E-state index in [-0.39, 0.29) is 17.0 Å². The summed E-state index contributed by atoms with van der Waals surface area (Å²) in [6.45, 7) is 8.20. The Balaban J connectivity index is 2.06. The minimum absolute atomic E-state index is 0.0677. The van der Waals surface area contributed by atoms with Crippen molar-refractivity contribution >= 4 is 6.09 Å². The zero-order valence-electron chi connectivity index (χ0n) is 13.2. The number of hydrogen-bond donors (Lipinski definition) is 2. The molecule has 1 fully saturated rings. The lowest BCUT2D eigenvalue weighted by Gasteiger charge is -2.37. The Morgan fingerprint density at radius 1 is 1.24 bits per heavy atom. The van der Waals surface area contributed by atoms with Gasteiger partial charge in [0, 0.05) is 11.0 Å². The lowest BCUT2D eigenvalue weighted by atomic mass is 9.74. The predicted octanol–water partition coefficient (Wildman–Crippen LogP) is 2.83. The summed E-state index contributed by atoms with van der Waals surface area (Å²) in [5, 5.41) is 6.23. The van der Waals surface area contributed by atoms with Gasteiger partial charge in [0.25, 0.3) is 0 Å². The van der Waals surface area contributed by atoms with Gasteiger partial charge in [0.05, 0.1) is 0 Å². The van der Waals surface area contributed by atoms with Gasteiger partial charge >= 0.3 is 6.09 Å². The number of piperidine rings is 1. The number of alkyl carbamates (subject to hydrolysis) is 1. The molecule has 116 valence electrons. The Kier molecular flexibility index (Phi) is 4.88. The summed E-state index contributed by atoms with van der Waals surface area (Å²) in [6.07, 6.45) is 1.64. The minimum atomic E-state index is -0.337. The van der Waals surface area contributed by atoms with Crippen LogP contribution in [0.15, 0.2) is 30.3 Å². The highest BCUT2D eigenvalue weighted by Gasteiger charge is 2.35. The highest BCUT2D eigenvalue weighted by molar-refractivity contribution is 5.68. The maximum atomic E-state index is 11.9. The molecule has 0 radical (unpaired) electrons. The number of hydrogen-bond acceptors (Lipinski definition) is 3. The van der Waals surface area contributed by atoms with E-state index in [1.165, 1.54) is 5.56 Å². The number of rotatable bonds is 3. The third-order valence-corrected chi connectivity index (χ3v) is 3.90. The molecule has 21 heavy (non-hydrogen) atoms. The fourth-order valence-corrected chi connectivity index (χ4v) is 2.76. The van der Waals surface area contributed by atoms with Crippen LogP contribution in [-0.4, -0.2) is 31.3 Å². The molecule has 2 N–H and O–H groups in total. The normalized spacial score (nSPS) is 18.0. The van der Waals surface area contributed by atoms with Gasteiger partial charge in [-0.05, 0) is 52.3 Å². The molecule has 0 aromatic heterocycles. The van der Waals surface area contributed by atoms with Crippen LogP contribution in [-0.2, 0) is 10.2 Å². The van der Waals surface area contributed by atoms with Crippen molar-refractivity contribution in [1.82, 2.24) is 10.6 Å². The molecule has 0 atom stereocenters. The molecule has 1 heterocycles. The molecule has 0 saturated carbocycles. The van der Waals surface area contributed by atoms with E-state index in [0.717, 1.165) is 25.9 Å². The lowest BCUT2D eigenvalue weighted by molar-refractivity contribution is 0.0956. The molecule has 0 spiro atoms. The molecule has 4 nitrogen and oxygen atoms in total. The molecule has 1 aliphatic rings. The lowest BCUT2D eigenvalue weighted by Crippen LogP contribution is -2.46. The van der Waals surface area contributed by atoms with Gasteiger partial charge in [0.1, 0.15) is 6.61 Å². The summed E-state index contributed by atoms with van der Waals surface area (Å²) < 4.78 is 5.54. The summed E-state index contributed by atoms with van der Waals surface area (Å²) in [4.78, 5) is 11.9. The van der Waals surface area contributed by atoms with Crippen LogP contribution in [0, 0.1) is 0 Å². The van der Waals surface area contributed by atoms with Gasteiger partial charge in [-0.25, -0.2) is 4.79 Å². The van der Waals surface area contributed by atoms with Crippen molar-refractivity contribution in [3.63, 3.8) is 0 Å². The number of ether oxygens (including phenoxy) is 1. The first kappa shape index (κ1) is 15.8. The Morgan fingerprint density at radius 3 is 2.43 bits per heavy atom. The van der Waals surface area contributed by atoms with E-state index in [1.54, 1.807) is 0 Å². The molecule has 1 aliphatic heterocycles. The second kappa shape index (κ2) is 6.48. The van der Waals surface area contributed by atoms with Gasteiger partial charge in [-0.3, -0.25) is 0 Å². The fraction of sp³-hybridized carbons (Fsp3) is 0.588. The average molecular weight is 290 g/mol. The first-order valence-electron chi connectivity index (χ1n) is 7.63. The van der Waals surface area contributed by atoms with E-state index < -0.39 is 0 Å². The summed E-state index contributed by atoms with van der Waals surface area (Å²) in [5.74, 6) is 0. The van der Waals surface area contributed by atoms with Crippen molar-refractivity contribution in [2.75, 3.05) is 19.7 Å². The second-order valence-electron chi connectivity index (χ2n) is 6.85. The van der Waals surface area contributed by atoms with Crippen molar-refractivity contribution in [2.24, 2.45) is 0 Å². The third kappa shape index (κ3) is 4.46. The summed E-state index contributed by atoms with van der Waals surface area (Å²) in [7, 11) is 0. The van der Waals surface area contributed by atoms with E-state index in [9.17, 15) is 4.79 Å².